The lowest BCUT2D eigenvalue weighted by atomic mass is 10.3. The molecule has 0 bridgehead atoms. The van der Waals surface area contributed by atoms with Crippen LogP contribution in [0.15, 0.2) is 30.3 Å². The summed E-state index contributed by atoms with van der Waals surface area (Å²) in [5.74, 6) is 1.69. The maximum absolute atomic E-state index is 5.72. The summed E-state index contributed by atoms with van der Waals surface area (Å²) in [7, 11) is 0. The number of nitrogens with one attached hydrogen (secondary N) is 2. The summed E-state index contributed by atoms with van der Waals surface area (Å²) in [6.45, 7) is 2.96. The lowest BCUT2D eigenvalue weighted by molar-refractivity contribution is 0.967. The van der Waals surface area contributed by atoms with Crippen molar-refractivity contribution < 1.29 is 0 Å². The monoisotopic (exact) mass is 369 g/mol. The van der Waals surface area contributed by atoms with Gasteiger partial charge in [-0.2, -0.15) is 9.97 Å². The van der Waals surface area contributed by atoms with Crippen LogP contribution in [0.5, 0.6) is 0 Å². The van der Waals surface area contributed by atoms with Crippen molar-refractivity contribution in [2.75, 3.05) is 22.9 Å². The maximum atomic E-state index is 5.72. The number of hydrogen-bond acceptors (Lipinski definition) is 5. The minimum absolute atomic E-state index is 0.259. The molecule has 5 nitrogen and oxygen atoms in total. The second kappa shape index (κ2) is 6.55. The zero-order chi connectivity index (χ0) is 13.7. The molecule has 0 saturated carbocycles. The van der Waals surface area contributed by atoms with Crippen LogP contribution in [0.1, 0.15) is 13.3 Å². The van der Waals surface area contributed by atoms with Crippen molar-refractivity contribution in [2.45, 2.75) is 13.3 Å². The molecular formula is C13H16IN5. The molecule has 0 spiro atoms. The van der Waals surface area contributed by atoms with Crippen LogP contribution in [0.2, 0.25) is 0 Å². The molecule has 0 atom stereocenters. The van der Waals surface area contributed by atoms with Gasteiger partial charge in [0.15, 0.2) is 0 Å². The molecule has 100 valence electrons. The number of nitrogens with zero attached hydrogens (tertiary/aromatic N) is 2. The Morgan fingerprint density at radius 2 is 1.95 bits per heavy atom. The number of para-hydroxylation sites is 1. The minimum Gasteiger partial charge on any atom is -0.370 e. The van der Waals surface area contributed by atoms with Gasteiger partial charge in [0.1, 0.15) is 11.6 Å². The van der Waals surface area contributed by atoms with Crippen LogP contribution in [0.25, 0.3) is 0 Å². The van der Waals surface area contributed by atoms with E-state index in [4.69, 9.17) is 5.73 Å². The van der Waals surface area contributed by atoms with Crippen molar-refractivity contribution in [1.82, 2.24) is 9.97 Å². The highest BCUT2D eigenvalue weighted by molar-refractivity contribution is 14.1. The maximum Gasteiger partial charge on any atom is 0.223 e. The third-order valence-electron chi connectivity index (χ3n) is 2.44. The lowest BCUT2D eigenvalue weighted by Gasteiger charge is -2.10. The molecule has 0 radical (unpaired) electrons. The average molecular weight is 369 g/mol. The Bertz CT molecular complexity index is 558. The SMILES string of the molecule is CCCNc1cc(Nc2ccccc2I)nc(N)n1. The average Bonchev–Trinajstić information content (AvgIpc) is 2.38. The summed E-state index contributed by atoms with van der Waals surface area (Å²) in [6, 6.07) is 9.86. The Kier molecular flexibility index (Phi) is 4.78. The van der Waals surface area contributed by atoms with E-state index < -0.39 is 0 Å². The molecule has 2 aromatic rings. The topological polar surface area (TPSA) is 75.9 Å². The summed E-state index contributed by atoms with van der Waals surface area (Å²) >= 11 is 2.27. The number of benzene rings is 1. The van der Waals surface area contributed by atoms with Crippen LogP contribution in [0.4, 0.5) is 23.3 Å². The van der Waals surface area contributed by atoms with Crippen molar-refractivity contribution >= 4 is 45.9 Å². The highest BCUT2D eigenvalue weighted by Gasteiger charge is 2.04. The molecule has 0 aliphatic heterocycles. The quantitative estimate of drug-likeness (QED) is 0.706. The van der Waals surface area contributed by atoms with Crippen LogP contribution in [0.3, 0.4) is 0 Å². The van der Waals surface area contributed by atoms with Gasteiger partial charge in [-0.05, 0) is 41.1 Å². The molecule has 1 aromatic carbocycles. The first-order chi connectivity index (χ1) is 9.19. The molecule has 6 heteroatoms. The molecule has 0 amide bonds. The van der Waals surface area contributed by atoms with Gasteiger partial charge in [-0.25, -0.2) is 0 Å². The highest BCUT2D eigenvalue weighted by atomic mass is 127. The van der Waals surface area contributed by atoms with E-state index in [1.54, 1.807) is 0 Å². The predicted molar refractivity (Wildman–Crippen MR) is 87.7 cm³/mol. The van der Waals surface area contributed by atoms with Crippen LogP contribution < -0.4 is 16.4 Å². The standard InChI is InChI=1S/C13H16IN5/c1-2-7-16-11-8-12(19-13(15)18-11)17-10-6-4-3-5-9(10)14/h3-6,8H,2,7H2,1H3,(H4,15,16,17,18,19). The Balaban J connectivity index is 2.20. The van der Waals surface area contributed by atoms with E-state index in [-0.39, 0.29) is 5.95 Å². The largest absolute Gasteiger partial charge is 0.370 e. The number of halogens is 1. The molecular weight excluding hydrogens is 353 g/mol. The molecule has 0 fully saturated rings. The second-order valence-electron chi connectivity index (χ2n) is 4.03. The Morgan fingerprint density at radius 3 is 2.68 bits per heavy atom. The molecule has 2 rings (SSSR count). The number of hydrogen-bond donors (Lipinski definition) is 3. The van der Waals surface area contributed by atoms with Gasteiger partial charge in [0.25, 0.3) is 0 Å². The number of anilines is 4. The summed E-state index contributed by atoms with van der Waals surface area (Å²) in [6.07, 6.45) is 1.03. The second-order valence-corrected chi connectivity index (χ2v) is 5.19. The van der Waals surface area contributed by atoms with E-state index >= 15 is 0 Å². The third-order valence-corrected chi connectivity index (χ3v) is 3.38. The molecule has 1 heterocycles. The Labute approximate surface area is 126 Å². The number of nitrogens with two attached hydrogens (primary N) is 1. The van der Waals surface area contributed by atoms with Gasteiger partial charge in [0.05, 0.1) is 5.69 Å². The van der Waals surface area contributed by atoms with Crippen LogP contribution in [0, 0.1) is 3.57 Å². The fourth-order valence-corrected chi connectivity index (χ4v) is 2.10. The van der Waals surface area contributed by atoms with Gasteiger partial charge in [0.2, 0.25) is 5.95 Å². The molecule has 19 heavy (non-hydrogen) atoms. The first-order valence-electron chi connectivity index (χ1n) is 6.09. The van der Waals surface area contributed by atoms with Crippen molar-refractivity contribution in [3.8, 4) is 0 Å². The zero-order valence-corrected chi connectivity index (χ0v) is 12.8. The smallest absolute Gasteiger partial charge is 0.223 e. The van der Waals surface area contributed by atoms with E-state index in [2.05, 4.69) is 50.1 Å². The van der Waals surface area contributed by atoms with E-state index in [1.807, 2.05) is 30.3 Å². The Hall–Kier alpha value is -1.57. The first kappa shape index (κ1) is 13.9. The summed E-state index contributed by atoms with van der Waals surface area (Å²) in [5, 5.41) is 6.45. The summed E-state index contributed by atoms with van der Waals surface area (Å²) < 4.78 is 1.13. The molecule has 0 aliphatic carbocycles. The van der Waals surface area contributed by atoms with Gasteiger partial charge < -0.3 is 16.4 Å². The number of nitrogen functional groups attached to an aromatic ring is 1. The van der Waals surface area contributed by atoms with Gasteiger partial charge in [-0.15, -0.1) is 0 Å². The molecule has 0 saturated heterocycles. The zero-order valence-electron chi connectivity index (χ0n) is 10.7. The first-order valence-corrected chi connectivity index (χ1v) is 7.17. The molecule has 0 aliphatic rings. The van der Waals surface area contributed by atoms with Crippen LogP contribution >= 0.6 is 22.6 Å². The molecule has 1 aromatic heterocycles. The van der Waals surface area contributed by atoms with E-state index in [0.717, 1.165) is 28.0 Å². The molecule has 0 unspecified atom stereocenters. The van der Waals surface area contributed by atoms with Gasteiger partial charge in [0, 0.05) is 16.2 Å². The van der Waals surface area contributed by atoms with Crippen LogP contribution in [-0.2, 0) is 0 Å². The number of aromatic nitrogens is 2. The van der Waals surface area contributed by atoms with Crippen molar-refractivity contribution in [2.24, 2.45) is 0 Å². The summed E-state index contributed by atoms with van der Waals surface area (Å²) in [5.41, 5.74) is 6.72. The van der Waals surface area contributed by atoms with Crippen molar-refractivity contribution in [1.29, 1.82) is 0 Å². The van der Waals surface area contributed by atoms with Crippen LogP contribution in [-0.4, -0.2) is 16.5 Å². The predicted octanol–water partition coefficient (Wildman–Crippen LogP) is 3.23. The van der Waals surface area contributed by atoms with E-state index in [0.29, 0.717) is 5.82 Å². The fraction of sp³-hybridized carbons (Fsp3) is 0.231. The highest BCUT2D eigenvalue weighted by Crippen LogP contribution is 2.22. The minimum atomic E-state index is 0.259. The van der Waals surface area contributed by atoms with Gasteiger partial charge >= 0.3 is 0 Å². The Morgan fingerprint density at radius 1 is 1.21 bits per heavy atom. The third kappa shape index (κ3) is 3.95. The van der Waals surface area contributed by atoms with E-state index in [1.165, 1.54) is 0 Å². The summed E-state index contributed by atoms with van der Waals surface area (Å²) in [4.78, 5) is 8.34. The normalized spacial score (nSPS) is 10.2. The van der Waals surface area contributed by atoms with Gasteiger partial charge in [-0.3, -0.25) is 0 Å². The van der Waals surface area contributed by atoms with Gasteiger partial charge in [-0.1, -0.05) is 19.1 Å². The van der Waals surface area contributed by atoms with E-state index in [9.17, 15) is 0 Å². The fourth-order valence-electron chi connectivity index (χ4n) is 1.57. The van der Waals surface area contributed by atoms with Crippen molar-refractivity contribution in [3.05, 3.63) is 33.9 Å². The lowest BCUT2D eigenvalue weighted by Crippen LogP contribution is -2.07. The molecule has 4 N–H and O–H groups in total. The van der Waals surface area contributed by atoms with Crippen molar-refractivity contribution in [3.63, 3.8) is 0 Å². The number of rotatable bonds is 5.